The van der Waals surface area contributed by atoms with E-state index in [1.165, 1.54) is 0 Å². The minimum absolute atomic E-state index is 0.216. The smallest absolute Gasteiger partial charge is 0.374 e. The third-order valence-electron chi connectivity index (χ3n) is 4.40. The fourth-order valence-corrected chi connectivity index (χ4v) is 3.28. The summed E-state index contributed by atoms with van der Waals surface area (Å²) in [6.07, 6.45) is 2.12. The van der Waals surface area contributed by atoms with Crippen LogP contribution in [0.4, 0.5) is 0 Å². The fraction of sp³-hybridized carbons (Fsp3) is 0.500. The highest BCUT2D eigenvalue weighted by Crippen LogP contribution is 2.29. The number of carbonyl (C=O) groups is 1. The first-order chi connectivity index (χ1) is 11.2. The van der Waals surface area contributed by atoms with E-state index in [1.807, 2.05) is 24.3 Å². The predicted molar refractivity (Wildman–Crippen MR) is 87.3 cm³/mol. The van der Waals surface area contributed by atoms with E-state index in [1.54, 1.807) is 6.92 Å². The summed E-state index contributed by atoms with van der Waals surface area (Å²) >= 11 is 0. The number of aliphatic hydroxyl groups is 1. The Bertz CT molecular complexity index is 679. The molecule has 0 amide bonds. The number of hydrogen-bond acceptors (Lipinski definition) is 5. The number of fused-ring (bicyclic) bond motifs is 1. The molecule has 1 aliphatic rings. The molecule has 1 aliphatic heterocycles. The Hall–Kier alpha value is -1.85. The Labute approximate surface area is 135 Å². The molecule has 1 fully saturated rings. The van der Waals surface area contributed by atoms with Gasteiger partial charge < -0.3 is 14.3 Å². The number of ether oxygens (including phenoxy) is 1. The molecule has 1 aromatic heterocycles. The minimum atomic E-state index is -0.408. The molecule has 0 radical (unpaired) electrons. The molecule has 1 N–H and O–H groups in total. The molecule has 0 saturated carbocycles. The Morgan fingerprint density at radius 3 is 3.04 bits per heavy atom. The molecule has 23 heavy (non-hydrogen) atoms. The summed E-state index contributed by atoms with van der Waals surface area (Å²) in [6.45, 7) is 4.79. The van der Waals surface area contributed by atoms with Crippen LogP contribution in [0.2, 0.25) is 0 Å². The fourth-order valence-electron chi connectivity index (χ4n) is 3.28. The van der Waals surface area contributed by atoms with Crippen LogP contribution in [0.3, 0.4) is 0 Å². The van der Waals surface area contributed by atoms with E-state index in [0.29, 0.717) is 30.4 Å². The summed E-state index contributed by atoms with van der Waals surface area (Å²) in [5.41, 5.74) is 1.60. The van der Waals surface area contributed by atoms with E-state index in [2.05, 4.69) is 4.90 Å². The maximum Gasteiger partial charge on any atom is 0.374 e. The molecule has 1 aromatic carbocycles. The van der Waals surface area contributed by atoms with Gasteiger partial charge in [-0.2, -0.15) is 0 Å². The first-order valence-electron chi connectivity index (χ1n) is 8.23. The van der Waals surface area contributed by atoms with Gasteiger partial charge in [-0.15, -0.1) is 0 Å². The van der Waals surface area contributed by atoms with Crippen molar-refractivity contribution in [3.63, 3.8) is 0 Å². The normalized spacial score (nSPS) is 19.1. The number of aliphatic hydroxyl groups excluding tert-OH is 1. The highest BCUT2D eigenvalue weighted by Gasteiger charge is 2.25. The molecule has 1 unspecified atom stereocenters. The Morgan fingerprint density at radius 1 is 1.43 bits per heavy atom. The average Bonchev–Trinajstić information content (AvgIpc) is 2.94. The number of piperidine rings is 1. The lowest BCUT2D eigenvalue weighted by atomic mass is 9.98. The highest BCUT2D eigenvalue weighted by atomic mass is 16.5. The number of benzene rings is 1. The van der Waals surface area contributed by atoms with Gasteiger partial charge in [0.05, 0.1) is 6.61 Å². The maximum atomic E-state index is 12.2. The SMILES string of the molecule is CCOC(=O)c1oc2ccccc2c1CN1CCCC(CO)C1. The quantitative estimate of drug-likeness (QED) is 0.859. The van der Waals surface area contributed by atoms with Gasteiger partial charge in [-0.3, -0.25) is 4.90 Å². The molecule has 5 nitrogen and oxygen atoms in total. The molecule has 1 atom stereocenters. The Morgan fingerprint density at radius 2 is 2.26 bits per heavy atom. The van der Waals surface area contributed by atoms with Crippen LogP contribution < -0.4 is 0 Å². The van der Waals surface area contributed by atoms with E-state index in [9.17, 15) is 9.90 Å². The lowest BCUT2D eigenvalue weighted by molar-refractivity contribution is 0.0487. The van der Waals surface area contributed by atoms with Gasteiger partial charge in [-0.1, -0.05) is 18.2 Å². The summed E-state index contributed by atoms with van der Waals surface area (Å²) in [5, 5.41) is 10.4. The second-order valence-electron chi connectivity index (χ2n) is 6.05. The zero-order valence-corrected chi connectivity index (χ0v) is 13.5. The number of carbonyl (C=O) groups excluding carboxylic acids is 1. The van der Waals surface area contributed by atoms with E-state index in [4.69, 9.17) is 9.15 Å². The van der Waals surface area contributed by atoms with Crippen molar-refractivity contribution in [3.8, 4) is 0 Å². The van der Waals surface area contributed by atoms with Crippen molar-refractivity contribution >= 4 is 16.9 Å². The monoisotopic (exact) mass is 317 g/mol. The van der Waals surface area contributed by atoms with Crippen LogP contribution in [-0.4, -0.2) is 42.3 Å². The molecular weight excluding hydrogens is 294 g/mol. The maximum absolute atomic E-state index is 12.2. The van der Waals surface area contributed by atoms with Crippen molar-refractivity contribution in [2.24, 2.45) is 5.92 Å². The number of likely N-dealkylation sites (tertiary alicyclic amines) is 1. The molecule has 2 aromatic rings. The van der Waals surface area contributed by atoms with Crippen molar-refractivity contribution < 1.29 is 19.1 Å². The van der Waals surface area contributed by atoms with Gasteiger partial charge in [-0.25, -0.2) is 4.79 Å². The largest absolute Gasteiger partial charge is 0.460 e. The van der Waals surface area contributed by atoms with Crippen molar-refractivity contribution in [3.05, 3.63) is 35.6 Å². The minimum Gasteiger partial charge on any atom is -0.460 e. The van der Waals surface area contributed by atoms with Crippen LogP contribution in [0.25, 0.3) is 11.0 Å². The van der Waals surface area contributed by atoms with Crippen molar-refractivity contribution in [1.29, 1.82) is 0 Å². The van der Waals surface area contributed by atoms with Crippen LogP contribution in [0.15, 0.2) is 28.7 Å². The van der Waals surface area contributed by atoms with Crippen LogP contribution in [0.1, 0.15) is 35.9 Å². The predicted octanol–water partition coefficient (Wildman–Crippen LogP) is 2.81. The zero-order valence-electron chi connectivity index (χ0n) is 13.5. The van der Waals surface area contributed by atoms with Gasteiger partial charge in [0.2, 0.25) is 5.76 Å². The van der Waals surface area contributed by atoms with Crippen molar-refractivity contribution in [2.75, 3.05) is 26.3 Å². The number of rotatable bonds is 5. The second kappa shape index (κ2) is 7.15. The lowest BCUT2D eigenvalue weighted by Crippen LogP contribution is -2.36. The van der Waals surface area contributed by atoms with Crippen LogP contribution >= 0.6 is 0 Å². The standard InChI is InChI=1S/C18H23NO4/c1-2-22-18(21)17-15(14-7-3-4-8-16(14)23-17)11-19-9-5-6-13(10-19)12-20/h3-4,7-8,13,20H,2,5-6,9-12H2,1H3. The lowest BCUT2D eigenvalue weighted by Gasteiger charge is -2.31. The van der Waals surface area contributed by atoms with E-state index < -0.39 is 5.97 Å². The molecular formula is C18H23NO4. The molecule has 0 bridgehead atoms. The molecule has 2 heterocycles. The van der Waals surface area contributed by atoms with Crippen LogP contribution in [0.5, 0.6) is 0 Å². The molecule has 1 saturated heterocycles. The topological polar surface area (TPSA) is 62.9 Å². The molecule has 5 heteroatoms. The Balaban J connectivity index is 1.91. The number of para-hydroxylation sites is 1. The van der Waals surface area contributed by atoms with Gasteiger partial charge >= 0.3 is 5.97 Å². The second-order valence-corrected chi connectivity index (χ2v) is 6.05. The van der Waals surface area contributed by atoms with Crippen LogP contribution in [-0.2, 0) is 11.3 Å². The molecule has 124 valence electrons. The number of nitrogens with zero attached hydrogens (tertiary/aromatic N) is 1. The summed E-state index contributed by atoms with van der Waals surface area (Å²) in [4.78, 5) is 14.5. The van der Waals surface area contributed by atoms with Crippen molar-refractivity contribution in [1.82, 2.24) is 4.90 Å². The van der Waals surface area contributed by atoms with Gasteiger partial charge in [0.25, 0.3) is 0 Å². The molecule has 0 spiro atoms. The summed E-state index contributed by atoms with van der Waals surface area (Å²) in [6, 6.07) is 7.69. The van der Waals surface area contributed by atoms with Crippen LogP contribution in [0, 0.1) is 5.92 Å². The van der Waals surface area contributed by atoms with Gasteiger partial charge in [0, 0.05) is 30.6 Å². The first-order valence-corrected chi connectivity index (χ1v) is 8.23. The number of furan rings is 1. The van der Waals surface area contributed by atoms with Gasteiger partial charge in [0.1, 0.15) is 5.58 Å². The number of esters is 1. The van der Waals surface area contributed by atoms with Gasteiger partial charge in [-0.05, 0) is 38.3 Å². The summed E-state index contributed by atoms with van der Waals surface area (Å²) in [5.74, 6) is 0.210. The highest BCUT2D eigenvalue weighted by molar-refractivity contribution is 5.96. The average molecular weight is 317 g/mol. The van der Waals surface area contributed by atoms with E-state index >= 15 is 0 Å². The first kappa shape index (κ1) is 16.0. The summed E-state index contributed by atoms with van der Waals surface area (Å²) in [7, 11) is 0. The molecule has 3 rings (SSSR count). The molecule has 0 aliphatic carbocycles. The summed E-state index contributed by atoms with van der Waals surface area (Å²) < 4.78 is 10.9. The number of hydrogen-bond donors (Lipinski definition) is 1. The van der Waals surface area contributed by atoms with E-state index in [0.717, 1.165) is 36.9 Å². The third-order valence-corrected chi connectivity index (χ3v) is 4.40. The zero-order chi connectivity index (χ0) is 16.2. The third kappa shape index (κ3) is 3.41. The van der Waals surface area contributed by atoms with Crippen molar-refractivity contribution in [2.45, 2.75) is 26.3 Å². The van der Waals surface area contributed by atoms with E-state index in [-0.39, 0.29) is 6.61 Å². The Kier molecular flexibility index (Phi) is 4.98. The van der Waals surface area contributed by atoms with Gasteiger partial charge in [0.15, 0.2) is 0 Å².